The van der Waals surface area contributed by atoms with Gasteiger partial charge in [-0.05, 0) is 40.8 Å². The molecule has 0 aliphatic carbocycles. The Labute approximate surface area is 95.2 Å². The lowest BCUT2D eigenvalue weighted by Crippen LogP contribution is -2.27. The molecule has 0 unspecified atom stereocenters. The Balaban J connectivity index is 2.55. The second kappa shape index (κ2) is 3.34. The number of hydrogen-bond donors (Lipinski definition) is 0. The van der Waals surface area contributed by atoms with Gasteiger partial charge in [-0.3, -0.25) is 9.59 Å². The molecule has 1 aliphatic rings. The second-order valence-corrected chi connectivity index (χ2v) is 4.44. The number of ketones is 1. The highest BCUT2D eigenvalue weighted by Gasteiger charge is 2.28. The van der Waals surface area contributed by atoms with Gasteiger partial charge in [0, 0.05) is 16.1 Å². The van der Waals surface area contributed by atoms with Crippen molar-refractivity contribution in [2.75, 3.05) is 11.4 Å². The van der Waals surface area contributed by atoms with E-state index in [-0.39, 0.29) is 18.2 Å². The monoisotopic (exact) mass is 301 g/mol. The molecule has 0 atom stereocenters. The summed E-state index contributed by atoms with van der Waals surface area (Å²) in [5.74, 6) is -0.0629. The number of carbonyl (C=O) groups excluding carboxylic acids is 2. The summed E-state index contributed by atoms with van der Waals surface area (Å²) in [4.78, 5) is 24.3. The summed E-state index contributed by atoms with van der Waals surface area (Å²) in [7, 11) is 0. The largest absolute Gasteiger partial charge is 0.304 e. The maximum atomic E-state index is 11.5. The first-order valence-corrected chi connectivity index (χ1v) is 5.28. The van der Waals surface area contributed by atoms with Crippen LogP contribution in [-0.2, 0) is 4.79 Å². The Bertz CT molecular complexity index is 428. The summed E-state index contributed by atoms with van der Waals surface area (Å²) < 4.78 is 1.01. The summed E-state index contributed by atoms with van der Waals surface area (Å²) in [6.45, 7) is 1.66. The third-order valence-corrected chi connectivity index (χ3v) is 2.90. The average Bonchev–Trinajstić information content (AvgIpc) is 2.44. The first kappa shape index (κ1) is 9.64. The summed E-state index contributed by atoms with van der Waals surface area (Å²) in [6, 6.07) is 5.54. The third kappa shape index (κ3) is 1.43. The van der Waals surface area contributed by atoms with E-state index in [2.05, 4.69) is 22.6 Å². The highest BCUT2D eigenvalue weighted by Crippen LogP contribution is 2.29. The summed E-state index contributed by atoms with van der Waals surface area (Å²) >= 11 is 2.15. The fraction of sp³-hybridized carbons (Fsp3) is 0.200. The fourth-order valence-corrected chi connectivity index (χ4v) is 2.05. The molecule has 0 saturated carbocycles. The van der Waals surface area contributed by atoms with Gasteiger partial charge in [0.05, 0.1) is 12.2 Å². The van der Waals surface area contributed by atoms with E-state index in [0.717, 1.165) is 9.26 Å². The Morgan fingerprint density at radius 1 is 1.50 bits per heavy atom. The zero-order valence-corrected chi connectivity index (χ0v) is 9.74. The molecule has 0 aromatic heterocycles. The van der Waals surface area contributed by atoms with Crippen molar-refractivity contribution < 1.29 is 9.59 Å². The summed E-state index contributed by atoms with van der Waals surface area (Å²) in [5, 5.41) is 0. The number of fused-ring (bicyclic) bond motifs is 1. The molecular weight excluding hydrogens is 293 g/mol. The maximum Gasteiger partial charge on any atom is 0.224 e. The minimum atomic E-state index is -0.0849. The molecule has 3 nitrogen and oxygen atoms in total. The molecule has 0 bridgehead atoms. The Kier molecular flexibility index (Phi) is 2.30. The van der Waals surface area contributed by atoms with E-state index in [9.17, 15) is 9.59 Å². The van der Waals surface area contributed by atoms with Gasteiger partial charge in [-0.1, -0.05) is 0 Å². The molecule has 72 valence electrons. The van der Waals surface area contributed by atoms with E-state index in [0.29, 0.717) is 5.56 Å². The number of benzene rings is 1. The topological polar surface area (TPSA) is 37.4 Å². The van der Waals surface area contributed by atoms with Gasteiger partial charge in [-0.15, -0.1) is 0 Å². The minimum Gasteiger partial charge on any atom is -0.304 e. The van der Waals surface area contributed by atoms with Crippen LogP contribution in [0, 0.1) is 3.57 Å². The molecule has 0 fully saturated rings. The number of amides is 1. The molecule has 1 aromatic carbocycles. The van der Waals surface area contributed by atoms with Crippen LogP contribution in [0.4, 0.5) is 5.69 Å². The first-order chi connectivity index (χ1) is 6.59. The number of rotatable bonds is 0. The van der Waals surface area contributed by atoms with Crippen LogP contribution in [0.3, 0.4) is 0 Å². The van der Waals surface area contributed by atoms with Crippen LogP contribution < -0.4 is 4.90 Å². The quantitative estimate of drug-likeness (QED) is 0.686. The minimum absolute atomic E-state index is 0.0220. The Hall–Kier alpha value is -0.910. The van der Waals surface area contributed by atoms with E-state index in [1.54, 1.807) is 0 Å². The van der Waals surface area contributed by atoms with Crippen LogP contribution in [0.15, 0.2) is 18.2 Å². The van der Waals surface area contributed by atoms with Crippen LogP contribution in [0.25, 0.3) is 0 Å². The molecule has 1 heterocycles. The molecule has 0 N–H and O–H groups in total. The number of nitrogens with zero attached hydrogens (tertiary/aromatic N) is 1. The average molecular weight is 301 g/mol. The van der Waals surface area contributed by atoms with Crippen molar-refractivity contribution in [2.45, 2.75) is 6.92 Å². The number of Topliss-reactive ketones (excluding diaryl/α,β-unsaturated/α-hetero) is 1. The number of carbonyl (C=O) groups is 2. The van der Waals surface area contributed by atoms with Crippen molar-refractivity contribution in [3.05, 3.63) is 27.3 Å². The van der Waals surface area contributed by atoms with Crippen LogP contribution >= 0.6 is 22.6 Å². The summed E-state index contributed by atoms with van der Waals surface area (Å²) in [5.41, 5.74) is 1.40. The predicted molar refractivity (Wildman–Crippen MR) is 61.5 cm³/mol. The Morgan fingerprint density at radius 3 is 2.86 bits per heavy atom. The first-order valence-electron chi connectivity index (χ1n) is 4.20. The van der Waals surface area contributed by atoms with Gasteiger partial charge in [-0.2, -0.15) is 0 Å². The van der Waals surface area contributed by atoms with Crippen LogP contribution in [0.2, 0.25) is 0 Å². The van der Waals surface area contributed by atoms with Crippen LogP contribution in [-0.4, -0.2) is 18.2 Å². The van der Waals surface area contributed by atoms with Crippen molar-refractivity contribution in [2.24, 2.45) is 0 Å². The lowest BCUT2D eigenvalue weighted by molar-refractivity contribution is -0.116. The van der Waals surface area contributed by atoms with E-state index >= 15 is 0 Å². The SMILES string of the molecule is CC(=O)N1CC(=O)c2cc(I)ccc21. The van der Waals surface area contributed by atoms with Gasteiger partial charge in [0.25, 0.3) is 0 Å². The Morgan fingerprint density at radius 2 is 2.21 bits per heavy atom. The van der Waals surface area contributed by atoms with E-state index in [1.807, 2.05) is 18.2 Å². The normalized spacial score (nSPS) is 14.4. The lowest BCUT2D eigenvalue weighted by atomic mass is 10.1. The maximum absolute atomic E-state index is 11.5. The van der Waals surface area contributed by atoms with Crippen molar-refractivity contribution >= 4 is 40.0 Å². The molecule has 1 aliphatic heterocycles. The molecular formula is C10H8INO2. The van der Waals surface area contributed by atoms with Gasteiger partial charge >= 0.3 is 0 Å². The van der Waals surface area contributed by atoms with E-state index in [1.165, 1.54) is 11.8 Å². The van der Waals surface area contributed by atoms with Gasteiger partial charge in [0.1, 0.15) is 0 Å². The third-order valence-electron chi connectivity index (χ3n) is 2.23. The lowest BCUT2D eigenvalue weighted by Gasteiger charge is -2.12. The molecule has 1 aromatic rings. The second-order valence-electron chi connectivity index (χ2n) is 3.19. The van der Waals surface area contributed by atoms with Crippen molar-refractivity contribution in [3.8, 4) is 0 Å². The zero-order valence-electron chi connectivity index (χ0n) is 7.58. The standard InChI is InChI=1S/C10H8INO2/c1-6(13)12-5-10(14)8-4-7(11)2-3-9(8)12/h2-4H,5H2,1H3. The molecule has 2 rings (SSSR count). The van der Waals surface area contributed by atoms with Crippen molar-refractivity contribution in [1.29, 1.82) is 0 Å². The zero-order chi connectivity index (χ0) is 10.3. The van der Waals surface area contributed by atoms with Gasteiger partial charge in [0.2, 0.25) is 5.91 Å². The van der Waals surface area contributed by atoms with Crippen molar-refractivity contribution in [1.82, 2.24) is 0 Å². The fourth-order valence-electron chi connectivity index (χ4n) is 1.56. The van der Waals surface area contributed by atoms with Gasteiger partial charge < -0.3 is 4.90 Å². The van der Waals surface area contributed by atoms with Gasteiger partial charge in [0.15, 0.2) is 5.78 Å². The summed E-state index contributed by atoms with van der Waals surface area (Å²) in [6.07, 6.45) is 0. The highest BCUT2D eigenvalue weighted by molar-refractivity contribution is 14.1. The number of hydrogen-bond acceptors (Lipinski definition) is 2. The van der Waals surface area contributed by atoms with E-state index < -0.39 is 0 Å². The smallest absolute Gasteiger partial charge is 0.224 e. The predicted octanol–water partition coefficient (Wildman–Crippen LogP) is 1.84. The molecule has 0 saturated heterocycles. The van der Waals surface area contributed by atoms with Crippen LogP contribution in [0.1, 0.15) is 17.3 Å². The van der Waals surface area contributed by atoms with Crippen LogP contribution in [0.5, 0.6) is 0 Å². The van der Waals surface area contributed by atoms with E-state index in [4.69, 9.17) is 0 Å². The number of halogens is 1. The highest BCUT2D eigenvalue weighted by atomic mass is 127. The number of anilines is 1. The molecule has 4 heteroatoms. The molecule has 0 spiro atoms. The molecule has 1 amide bonds. The van der Waals surface area contributed by atoms with Gasteiger partial charge in [-0.25, -0.2) is 0 Å². The molecule has 14 heavy (non-hydrogen) atoms. The van der Waals surface area contributed by atoms with Crippen molar-refractivity contribution in [3.63, 3.8) is 0 Å². The molecule has 0 radical (unpaired) electrons.